The van der Waals surface area contributed by atoms with Crippen molar-refractivity contribution in [2.75, 3.05) is 6.54 Å². The number of cyclic esters (lactones) is 1. The van der Waals surface area contributed by atoms with Crippen LogP contribution in [0.3, 0.4) is 0 Å². The number of phenols is 1. The monoisotopic (exact) mass is 742 g/mol. The molecule has 1 aromatic rings. The average Bonchev–Trinajstić information content (AvgIpc) is 3.10. The molecular formula is C38H51FN4O10. The Balaban J connectivity index is 2.07. The number of phenolic OH excluding ortho intramolecular Hbond substituents is 1. The number of amides is 3. The van der Waals surface area contributed by atoms with Crippen molar-refractivity contribution in [3.8, 4) is 5.75 Å². The van der Waals surface area contributed by atoms with Gasteiger partial charge in [-0.1, -0.05) is 45.1 Å². The van der Waals surface area contributed by atoms with Crippen molar-refractivity contribution in [2.24, 2.45) is 17.8 Å². The van der Waals surface area contributed by atoms with Crippen LogP contribution >= 0.6 is 0 Å². The lowest BCUT2D eigenvalue weighted by molar-refractivity contribution is -0.150. The number of benzene rings is 1. The Hall–Kier alpha value is -4.73. The van der Waals surface area contributed by atoms with Crippen LogP contribution in [0.25, 0.3) is 0 Å². The van der Waals surface area contributed by atoms with Crippen LogP contribution in [-0.4, -0.2) is 93.0 Å². The zero-order valence-corrected chi connectivity index (χ0v) is 30.5. The van der Waals surface area contributed by atoms with Gasteiger partial charge in [0.1, 0.15) is 47.5 Å². The van der Waals surface area contributed by atoms with Crippen molar-refractivity contribution in [1.82, 2.24) is 21.1 Å². The second kappa shape index (κ2) is 20.5. The summed E-state index contributed by atoms with van der Waals surface area (Å²) in [6.07, 6.45) is 5.81. The topological polar surface area (TPSA) is 212 Å². The first-order valence-electron chi connectivity index (χ1n) is 17.8. The molecule has 0 radical (unpaired) electrons. The number of aromatic hydroxyl groups is 1. The number of carbonyl (C=O) groups is 6. The van der Waals surface area contributed by atoms with Gasteiger partial charge in [0.15, 0.2) is 0 Å². The lowest BCUT2D eigenvalue weighted by Crippen LogP contribution is -2.62. The lowest BCUT2D eigenvalue weighted by atomic mass is 9.84. The van der Waals surface area contributed by atoms with E-state index in [4.69, 9.17) is 4.74 Å². The fraction of sp³-hybridized carbons (Fsp3) is 0.526. The van der Waals surface area contributed by atoms with Gasteiger partial charge in [-0.2, -0.15) is 0 Å². The fourth-order valence-corrected chi connectivity index (χ4v) is 6.09. The van der Waals surface area contributed by atoms with Crippen LogP contribution in [0.2, 0.25) is 0 Å². The van der Waals surface area contributed by atoms with Crippen LogP contribution in [0.15, 0.2) is 54.3 Å². The van der Waals surface area contributed by atoms with E-state index in [-0.39, 0.29) is 55.8 Å². The molecule has 1 saturated heterocycles. The molecule has 2 aliphatic rings. The molecule has 1 aromatic carbocycles. The van der Waals surface area contributed by atoms with Gasteiger partial charge < -0.3 is 40.3 Å². The number of aldehydes is 1. The number of esters is 1. The Bertz CT molecular complexity index is 1560. The van der Waals surface area contributed by atoms with Crippen LogP contribution in [0.4, 0.5) is 4.39 Å². The van der Waals surface area contributed by atoms with Gasteiger partial charge in [-0.05, 0) is 55.9 Å². The number of rotatable bonds is 8. The predicted molar refractivity (Wildman–Crippen MR) is 191 cm³/mol. The SMILES string of the molecule is CC(=O)CCC1C(=O)NC(C(C)C)C(=O)NC(Cc2cc(O)cc(F)c2)C(=O)N2CCCC(N2)C(=O)O/C(=C\CC=O)CC=CC=CC(O)C(C)C1O. The summed E-state index contributed by atoms with van der Waals surface area (Å²) in [4.78, 5) is 78.1. The van der Waals surface area contributed by atoms with Crippen LogP contribution in [0, 0.1) is 23.6 Å². The highest BCUT2D eigenvalue weighted by Gasteiger charge is 2.38. The Kier molecular flexibility index (Phi) is 16.5. The molecule has 2 bridgehead atoms. The number of nitrogens with one attached hydrogen (secondary N) is 3. The summed E-state index contributed by atoms with van der Waals surface area (Å²) in [6, 6.07) is -0.391. The van der Waals surface area contributed by atoms with Crippen molar-refractivity contribution in [3.63, 3.8) is 0 Å². The highest BCUT2D eigenvalue weighted by molar-refractivity contribution is 5.93. The summed E-state index contributed by atoms with van der Waals surface area (Å²) in [5, 5.41) is 38.7. The van der Waals surface area contributed by atoms with Crippen molar-refractivity contribution in [2.45, 2.75) is 103 Å². The number of ether oxygens (including phenoxy) is 1. The van der Waals surface area contributed by atoms with Gasteiger partial charge in [-0.3, -0.25) is 19.4 Å². The number of halogens is 1. The van der Waals surface area contributed by atoms with Crippen molar-refractivity contribution in [1.29, 1.82) is 0 Å². The van der Waals surface area contributed by atoms with E-state index in [2.05, 4.69) is 16.1 Å². The van der Waals surface area contributed by atoms with Crippen molar-refractivity contribution < 1.29 is 53.2 Å². The smallest absolute Gasteiger partial charge is 0.330 e. The Morgan fingerprint density at radius 2 is 1.83 bits per heavy atom. The minimum absolute atomic E-state index is 0.0319. The Morgan fingerprint density at radius 3 is 2.49 bits per heavy atom. The maximum Gasteiger partial charge on any atom is 0.330 e. The number of hydrogen-bond acceptors (Lipinski definition) is 11. The first kappa shape index (κ1) is 42.7. The van der Waals surface area contributed by atoms with Gasteiger partial charge in [-0.25, -0.2) is 14.6 Å². The molecule has 2 heterocycles. The predicted octanol–water partition coefficient (Wildman–Crippen LogP) is 2.07. The molecular weight excluding hydrogens is 691 g/mol. The quantitative estimate of drug-likeness (QED) is 0.168. The number of aliphatic hydroxyl groups is 2. The molecule has 290 valence electrons. The molecule has 53 heavy (non-hydrogen) atoms. The molecule has 0 aliphatic carbocycles. The van der Waals surface area contributed by atoms with E-state index in [0.29, 0.717) is 19.1 Å². The minimum atomic E-state index is -1.45. The van der Waals surface area contributed by atoms with Crippen LogP contribution < -0.4 is 16.1 Å². The van der Waals surface area contributed by atoms with Gasteiger partial charge in [0.2, 0.25) is 11.8 Å². The molecule has 15 heteroatoms. The van der Waals surface area contributed by atoms with Gasteiger partial charge in [0.05, 0.1) is 18.1 Å². The maximum atomic E-state index is 14.3. The normalized spacial score (nSPS) is 27.7. The second-order valence-corrected chi connectivity index (χ2v) is 13.8. The second-order valence-electron chi connectivity index (χ2n) is 13.8. The molecule has 0 saturated carbocycles. The number of carbonyl (C=O) groups excluding carboxylic acids is 6. The summed E-state index contributed by atoms with van der Waals surface area (Å²) in [5.41, 5.74) is 3.03. The summed E-state index contributed by atoms with van der Waals surface area (Å²) in [7, 11) is 0. The molecule has 3 amide bonds. The molecule has 14 nitrogen and oxygen atoms in total. The van der Waals surface area contributed by atoms with Crippen LogP contribution in [-0.2, 0) is 39.9 Å². The molecule has 6 N–H and O–H groups in total. The third-order valence-electron chi connectivity index (χ3n) is 9.16. The summed E-state index contributed by atoms with van der Waals surface area (Å²) in [6.45, 7) is 6.32. The first-order chi connectivity index (χ1) is 25.1. The van der Waals surface area contributed by atoms with E-state index in [1.54, 1.807) is 26.0 Å². The molecule has 0 spiro atoms. The largest absolute Gasteiger partial charge is 0.508 e. The van der Waals surface area contributed by atoms with Gasteiger partial charge in [-0.15, -0.1) is 0 Å². The number of ketones is 1. The Morgan fingerprint density at radius 1 is 1.09 bits per heavy atom. The zero-order valence-electron chi connectivity index (χ0n) is 30.5. The van der Waals surface area contributed by atoms with Gasteiger partial charge >= 0.3 is 5.97 Å². The molecule has 2 aliphatic heterocycles. The third kappa shape index (κ3) is 13.0. The average molecular weight is 743 g/mol. The number of allylic oxidation sites excluding steroid dienone is 4. The zero-order chi connectivity index (χ0) is 39.2. The highest BCUT2D eigenvalue weighted by Crippen LogP contribution is 2.24. The molecule has 0 aromatic heterocycles. The summed E-state index contributed by atoms with van der Waals surface area (Å²) >= 11 is 0. The number of fused-ring (bicyclic) bond motifs is 2. The number of nitrogens with zero attached hydrogens (tertiary/aromatic N) is 1. The van der Waals surface area contributed by atoms with Crippen LogP contribution in [0.5, 0.6) is 5.75 Å². The van der Waals surface area contributed by atoms with E-state index >= 15 is 0 Å². The van der Waals surface area contributed by atoms with Gasteiger partial charge in [0.25, 0.3) is 5.91 Å². The van der Waals surface area contributed by atoms with E-state index in [1.807, 2.05) is 0 Å². The van der Waals surface area contributed by atoms with E-state index < -0.39 is 83.3 Å². The summed E-state index contributed by atoms with van der Waals surface area (Å²) in [5.74, 6) is -6.84. The lowest BCUT2D eigenvalue weighted by Gasteiger charge is -2.36. The van der Waals surface area contributed by atoms with E-state index in [0.717, 1.165) is 17.1 Å². The van der Waals surface area contributed by atoms with Gasteiger partial charge in [0, 0.05) is 44.2 Å². The molecule has 3 rings (SSSR count). The van der Waals surface area contributed by atoms with Crippen LogP contribution in [0.1, 0.15) is 71.8 Å². The summed E-state index contributed by atoms with van der Waals surface area (Å²) < 4.78 is 19.9. The maximum absolute atomic E-state index is 14.3. The molecule has 7 atom stereocenters. The molecule has 1 fully saturated rings. The number of Topliss-reactive ketones (excluding diaryl/α,β-unsaturated/α-hetero) is 1. The minimum Gasteiger partial charge on any atom is -0.508 e. The molecule has 7 unspecified atom stereocenters. The number of aliphatic hydroxyl groups excluding tert-OH is 2. The standard InChI is InChI=1S/C38H51FN4O10/c1-22(2)33-36(50)40-31(20-25-18-26(39)21-27(46)19-25)37(51)43-16-8-12-30(42-43)38(52)53-28(11-9-17-44)10-6-5-7-13-32(47)24(4)34(48)29(35(49)41-33)15-14-23(3)45/h5-7,11,13,17-19,21-22,24,29-34,42,46-48H,8-10,12,14-16,20H2,1-4H3,(H,40,50)(H,41,49)/b6-5?,13-7?,28-11-. The third-order valence-corrected chi connectivity index (χ3v) is 9.16. The van der Waals surface area contributed by atoms with E-state index in [1.165, 1.54) is 38.1 Å². The highest BCUT2D eigenvalue weighted by atomic mass is 19.1. The number of hydrogen-bond donors (Lipinski definition) is 6. The fourth-order valence-electron chi connectivity index (χ4n) is 6.09. The number of hydrazine groups is 1. The van der Waals surface area contributed by atoms with Crippen molar-refractivity contribution >= 4 is 35.8 Å². The first-order valence-corrected chi connectivity index (χ1v) is 17.8. The Labute approximate surface area is 308 Å². The van der Waals surface area contributed by atoms with E-state index in [9.17, 15) is 48.5 Å². The van der Waals surface area contributed by atoms with Crippen molar-refractivity contribution in [3.05, 3.63) is 65.7 Å².